The maximum absolute atomic E-state index is 14.9. The van der Waals surface area contributed by atoms with Gasteiger partial charge < -0.3 is 0 Å². The summed E-state index contributed by atoms with van der Waals surface area (Å²) in [6, 6.07) is 5.96. The van der Waals surface area contributed by atoms with Gasteiger partial charge in [-0.05, 0) is 30.5 Å². The molecule has 1 heterocycles. The molecule has 1 unspecified atom stereocenters. The number of allylic oxidation sites excluding steroid dienone is 1. The molecule has 1 aliphatic heterocycles. The van der Waals surface area contributed by atoms with E-state index in [4.69, 9.17) is 0 Å². The minimum atomic E-state index is -4.82. The molecule has 21 heavy (non-hydrogen) atoms. The first-order valence-corrected chi connectivity index (χ1v) is 8.83. The lowest BCUT2D eigenvalue weighted by molar-refractivity contribution is -0.0413. The molecule has 0 N–H and O–H groups in total. The van der Waals surface area contributed by atoms with Crippen molar-refractivity contribution < 1.29 is 17.1 Å². The van der Waals surface area contributed by atoms with Crippen LogP contribution in [0, 0.1) is 0 Å². The number of fused-ring (bicyclic) bond motifs is 1. The number of hydrogen-bond donors (Lipinski definition) is 0. The van der Waals surface area contributed by atoms with Crippen LogP contribution in [0.3, 0.4) is 0 Å². The third-order valence-corrected chi connectivity index (χ3v) is 6.41. The Hall–Kier alpha value is -0.970. The molecule has 5 heteroatoms. The Morgan fingerprint density at radius 3 is 2.33 bits per heavy atom. The number of unbranched alkanes of at least 4 members (excludes halogenated alkanes) is 4. The SMILES string of the molecule is CCCCCCCC1=Cc2ccccc2S1(F)C(F)(F)F. The molecule has 0 radical (unpaired) electrons. The molecule has 1 aromatic rings. The minimum absolute atomic E-state index is 0.0623. The van der Waals surface area contributed by atoms with Gasteiger partial charge in [-0.25, -0.2) is 0 Å². The van der Waals surface area contributed by atoms with E-state index in [1.165, 1.54) is 18.2 Å². The van der Waals surface area contributed by atoms with E-state index in [0.717, 1.165) is 25.7 Å². The zero-order valence-electron chi connectivity index (χ0n) is 12.0. The standard InChI is InChI=1S/C16H20F4S/c1-2-3-4-5-6-10-14-12-13-9-7-8-11-15(13)21(14,20)16(17,18)19/h7-9,11-12H,2-6,10H2,1H3. The summed E-state index contributed by atoms with van der Waals surface area (Å²) in [4.78, 5) is -0.242. The highest BCUT2D eigenvalue weighted by Crippen LogP contribution is 2.78. The van der Waals surface area contributed by atoms with Gasteiger partial charge in [-0.15, -0.1) is 0 Å². The van der Waals surface area contributed by atoms with Gasteiger partial charge in [0.25, 0.3) is 0 Å². The Morgan fingerprint density at radius 1 is 1.00 bits per heavy atom. The third kappa shape index (κ3) is 3.12. The van der Waals surface area contributed by atoms with Gasteiger partial charge >= 0.3 is 5.51 Å². The summed E-state index contributed by atoms with van der Waals surface area (Å²) in [6.07, 6.45) is 6.24. The number of alkyl halides is 3. The van der Waals surface area contributed by atoms with E-state index in [1.807, 2.05) is 0 Å². The van der Waals surface area contributed by atoms with E-state index in [9.17, 15) is 17.1 Å². The largest absolute Gasteiger partial charge is 0.459 e. The number of hydrogen-bond acceptors (Lipinski definition) is 0. The molecule has 0 nitrogen and oxygen atoms in total. The van der Waals surface area contributed by atoms with E-state index in [2.05, 4.69) is 6.92 Å². The predicted octanol–water partition coefficient (Wildman–Crippen LogP) is 6.97. The second kappa shape index (κ2) is 6.42. The average Bonchev–Trinajstić information content (AvgIpc) is 2.73. The number of benzene rings is 1. The zero-order chi connectivity index (χ0) is 15.5. The van der Waals surface area contributed by atoms with Crippen LogP contribution in [0.15, 0.2) is 34.1 Å². The van der Waals surface area contributed by atoms with Crippen molar-refractivity contribution in [3.05, 3.63) is 34.7 Å². The fraction of sp³-hybridized carbons (Fsp3) is 0.500. The van der Waals surface area contributed by atoms with Crippen LogP contribution in [0.25, 0.3) is 6.08 Å². The Labute approximate surface area is 124 Å². The lowest BCUT2D eigenvalue weighted by Crippen LogP contribution is -2.17. The molecule has 1 aliphatic rings. The molecule has 1 aromatic carbocycles. The van der Waals surface area contributed by atoms with Crippen LogP contribution >= 0.6 is 10.4 Å². The maximum atomic E-state index is 14.9. The van der Waals surface area contributed by atoms with Crippen LogP contribution in [0.5, 0.6) is 0 Å². The third-order valence-electron chi connectivity index (χ3n) is 3.75. The van der Waals surface area contributed by atoms with Gasteiger partial charge in [0.05, 0.1) is 10.4 Å². The lowest BCUT2D eigenvalue weighted by Gasteiger charge is -2.32. The molecule has 0 aromatic heterocycles. The lowest BCUT2D eigenvalue weighted by atomic mass is 10.1. The Balaban J connectivity index is 2.17. The Kier molecular flexibility index (Phi) is 5.02. The van der Waals surface area contributed by atoms with E-state index < -0.39 is 15.9 Å². The summed E-state index contributed by atoms with van der Waals surface area (Å²) in [7, 11) is -4.35. The van der Waals surface area contributed by atoms with Crippen molar-refractivity contribution in [3.8, 4) is 0 Å². The van der Waals surface area contributed by atoms with Gasteiger partial charge in [-0.3, -0.25) is 0 Å². The van der Waals surface area contributed by atoms with Crippen LogP contribution < -0.4 is 0 Å². The van der Waals surface area contributed by atoms with Crippen molar-refractivity contribution in [3.63, 3.8) is 0 Å². The first-order chi connectivity index (χ1) is 9.91. The molecule has 0 fully saturated rings. The Bertz CT molecular complexity index is 521. The topological polar surface area (TPSA) is 0 Å². The number of halogens is 4. The molecule has 0 amide bonds. The van der Waals surface area contributed by atoms with Crippen molar-refractivity contribution in [2.75, 3.05) is 0 Å². The summed E-state index contributed by atoms with van der Waals surface area (Å²) < 4.78 is 54.9. The smallest absolute Gasteiger partial charge is 0.172 e. The van der Waals surface area contributed by atoms with Crippen molar-refractivity contribution in [1.82, 2.24) is 0 Å². The minimum Gasteiger partial charge on any atom is -0.172 e. The highest BCUT2D eigenvalue weighted by atomic mass is 32.3. The molecule has 2 rings (SSSR count). The summed E-state index contributed by atoms with van der Waals surface area (Å²) in [6.45, 7) is 2.08. The average molecular weight is 320 g/mol. The predicted molar refractivity (Wildman–Crippen MR) is 80.8 cm³/mol. The fourth-order valence-electron chi connectivity index (χ4n) is 2.64. The van der Waals surface area contributed by atoms with Crippen LogP contribution in [-0.4, -0.2) is 5.51 Å². The molecular formula is C16H20F4S. The maximum Gasteiger partial charge on any atom is 0.459 e. The van der Waals surface area contributed by atoms with Crippen molar-refractivity contribution in [2.24, 2.45) is 0 Å². The summed E-state index contributed by atoms with van der Waals surface area (Å²) in [5.41, 5.74) is -4.44. The van der Waals surface area contributed by atoms with Gasteiger partial charge in [0.15, 0.2) is 0 Å². The van der Waals surface area contributed by atoms with Gasteiger partial charge in [-0.2, -0.15) is 17.1 Å². The molecule has 118 valence electrons. The first-order valence-electron chi connectivity index (χ1n) is 7.30. The molecule has 0 saturated heterocycles. The molecule has 0 spiro atoms. The summed E-state index contributed by atoms with van der Waals surface area (Å²) in [5, 5.41) is 0. The monoisotopic (exact) mass is 320 g/mol. The Morgan fingerprint density at radius 2 is 1.67 bits per heavy atom. The van der Waals surface area contributed by atoms with E-state index >= 15 is 0 Å². The molecule has 0 aliphatic carbocycles. The number of rotatable bonds is 6. The van der Waals surface area contributed by atoms with Gasteiger partial charge in [0.2, 0.25) is 0 Å². The van der Waals surface area contributed by atoms with Crippen molar-refractivity contribution >= 4 is 16.5 Å². The molecule has 0 saturated carbocycles. The van der Waals surface area contributed by atoms with Crippen LogP contribution in [0.4, 0.5) is 17.1 Å². The fourth-order valence-corrected chi connectivity index (χ4v) is 4.90. The summed E-state index contributed by atoms with van der Waals surface area (Å²) >= 11 is 0. The first kappa shape index (κ1) is 16.4. The van der Waals surface area contributed by atoms with E-state index in [0.29, 0.717) is 12.0 Å². The molecular weight excluding hydrogens is 300 g/mol. The second-order valence-electron chi connectivity index (χ2n) is 5.30. The van der Waals surface area contributed by atoms with E-state index in [1.54, 1.807) is 12.1 Å². The van der Waals surface area contributed by atoms with E-state index in [-0.39, 0.29) is 16.2 Å². The quantitative estimate of drug-likeness (QED) is 0.392. The van der Waals surface area contributed by atoms with Crippen molar-refractivity contribution in [2.45, 2.75) is 55.9 Å². The zero-order valence-corrected chi connectivity index (χ0v) is 12.9. The van der Waals surface area contributed by atoms with Gasteiger partial charge in [0, 0.05) is 9.80 Å². The summed E-state index contributed by atoms with van der Waals surface area (Å²) in [5.74, 6) is 0. The second-order valence-corrected chi connectivity index (χ2v) is 7.80. The van der Waals surface area contributed by atoms with Crippen molar-refractivity contribution in [1.29, 1.82) is 0 Å². The van der Waals surface area contributed by atoms with Crippen LogP contribution in [0.2, 0.25) is 0 Å². The van der Waals surface area contributed by atoms with Gasteiger partial charge in [-0.1, -0.05) is 50.8 Å². The normalized spacial score (nSPS) is 24.3. The highest BCUT2D eigenvalue weighted by Gasteiger charge is 2.57. The van der Waals surface area contributed by atoms with Crippen LogP contribution in [-0.2, 0) is 0 Å². The highest BCUT2D eigenvalue weighted by molar-refractivity contribution is 8.33. The molecule has 0 bridgehead atoms. The molecule has 1 atom stereocenters. The van der Waals surface area contributed by atoms with Crippen LogP contribution in [0.1, 0.15) is 51.0 Å². The van der Waals surface area contributed by atoms with Gasteiger partial charge in [0.1, 0.15) is 0 Å².